The van der Waals surface area contributed by atoms with Crippen LogP contribution in [0, 0.1) is 28.6 Å². The lowest BCUT2D eigenvalue weighted by Crippen LogP contribution is -2.39. The number of para-hydroxylation sites is 1. The summed E-state index contributed by atoms with van der Waals surface area (Å²) in [6, 6.07) is 11.5. The first-order chi connectivity index (χ1) is 11.7. The van der Waals surface area contributed by atoms with Gasteiger partial charge in [-0.3, -0.25) is 4.79 Å². The molecule has 1 N–H and O–H groups in total. The highest BCUT2D eigenvalue weighted by Crippen LogP contribution is 2.42. The molecule has 1 aliphatic rings. The van der Waals surface area contributed by atoms with Gasteiger partial charge in [0.05, 0.1) is 35.3 Å². The smallest absolute Gasteiger partial charge is 0.243 e. The maximum atomic E-state index is 12.4. The number of rotatable bonds is 6. The lowest BCUT2D eigenvalue weighted by Gasteiger charge is -2.29. The molecule has 0 fully saturated rings. The molecule has 124 valence electrons. The molecule has 0 saturated carbocycles. The minimum Gasteiger partial charge on any atom is -0.494 e. The van der Waals surface area contributed by atoms with E-state index in [2.05, 4.69) is 17.5 Å². The molecule has 1 aromatic carbocycles. The zero-order chi connectivity index (χ0) is 17.5. The minimum absolute atomic E-state index is 0.369. The first-order valence-corrected chi connectivity index (χ1v) is 8.85. The van der Waals surface area contributed by atoms with Crippen LogP contribution in [0.25, 0.3) is 0 Å². The number of ether oxygens (including phenoxy) is 1. The molecule has 0 spiro atoms. The predicted molar refractivity (Wildman–Crippen MR) is 93.0 cm³/mol. The Labute approximate surface area is 146 Å². The van der Waals surface area contributed by atoms with Crippen LogP contribution in [0.5, 0.6) is 5.75 Å². The van der Waals surface area contributed by atoms with Crippen molar-refractivity contribution in [2.24, 2.45) is 5.92 Å². The van der Waals surface area contributed by atoms with Crippen LogP contribution < -0.4 is 10.1 Å². The molecule has 6 heteroatoms. The van der Waals surface area contributed by atoms with E-state index < -0.39 is 11.8 Å². The zero-order valence-electron chi connectivity index (χ0n) is 13.7. The van der Waals surface area contributed by atoms with Gasteiger partial charge >= 0.3 is 0 Å². The third kappa shape index (κ3) is 3.55. The molecule has 1 aliphatic heterocycles. The summed E-state index contributed by atoms with van der Waals surface area (Å²) in [5.41, 5.74) is 1.12. The maximum absolute atomic E-state index is 12.4. The number of nitriles is 2. The van der Waals surface area contributed by atoms with E-state index in [9.17, 15) is 15.3 Å². The van der Waals surface area contributed by atoms with E-state index in [0.29, 0.717) is 28.5 Å². The Morgan fingerprint density at radius 1 is 1.29 bits per heavy atom. The van der Waals surface area contributed by atoms with Crippen LogP contribution in [0.1, 0.15) is 31.7 Å². The normalized spacial score (nSPS) is 20.1. The number of carbonyl (C=O) groups excluding carboxylic acids is 1. The van der Waals surface area contributed by atoms with Crippen molar-refractivity contribution in [2.75, 3.05) is 12.4 Å². The molecule has 0 aromatic heterocycles. The molecule has 0 aliphatic carbocycles. The van der Waals surface area contributed by atoms with Gasteiger partial charge in [0.1, 0.15) is 11.7 Å². The van der Waals surface area contributed by atoms with Crippen LogP contribution in [0.4, 0.5) is 0 Å². The van der Waals surface area contributed by atoms with E-state index in [1.807, 2.05) is 32.0 Å². The topological polar surface area (TPSA) is 85.9 Å². The summed E-state index contributed by atoms with van der Waals surface area (Å²) in [4.78, 5) is 12.4. The van der Waals surface area contributed by atoms with Crippen molar-refractivity contribution in [2.45, 2.75) is 26.2 Å². The average molecular weight is 341 g/mol. The molecule has 2 unspecified atom stereocenters. The molecule has 0 radical (unpaired) electrons. The summed E-state index contributed by atoms with van der Waals surface area (Å²) >= 11 is 1.44. The van der Waals surface area contributed by atoms with Gasteiger partial charge in [-0.15, -0.1) is 11.8 Å². The van der Waals surface area contributed by atoms with E-state index >= 15 is 0 Å². The van der Waals surface area contributed by atoms with E-state index in [-0.39, 0.29) is 5.91 Å². The number of nitrogens with one attached hydrogen (secondary N) is 1. The second-order valence-electron chi connectivity index (χ2n) is 5.25. The molecular weight excluding hydrogens is 322 g/mol. The molecule has 2 atom stereocenters. The highest BCUT2D eigenvalue weighted by molar-refractivity contribution is 8.03. The van der Waals surface area contributed by atoms with Crippen LogP contribution in [-0.4, -0.2) is 18.3 Å². The molecule has 24 heavy (non-hydrogen) atoms. The summed E-state index contributed by atoms with van der Waals surface area (Å²) in [7, 11) is 0. The summed E-state index contributed by atoms with van der Waals surface area (Å²) in [5, 5.41) is 22.5. The Bertz CT molecular complexity index is 731. The number of carbonyl (C=O) groups is 1. The Hall–Kier alpha value is -2.44. The van der Waals surface area contributed by atoms with E-state index in [1.165, 1.54) is 11.8 Å². The SMILES string of the molecule is CCCSC1=C(C#N)C(c2ccccc2OCC)C(C#N)C(=O)N1. The van der Waals surface area contributed by atoms with Crippen LogP contribution >= 0.6 is 11.8 Å². The van der Waals surface area contributed by atoms with Gasteiger partial charge in [-0.1, -0.05) is 25.1 Å². The van der Waals surface area contributed by atoms with Crippen LogP contribution in [0.3, 0.4) is 0 Å². The molecule has 0 saturated heterocycles. The van der Waals surface area contributed by atoms with Gasteiger partial charge in [0, 0.05) is 5.56 Å². The summed E-state index contributed by atoms with van der Waals surface area (Å²) in [6.07, 6.45) is 0.921. The van der Waals surface area contributed by atoms with E-state index in [0.717, 1.165) is 12.2 Å². The Balaban J connectivity index is 2.59. The molecule has 1 amide bonds. The number of allylic oxidation sites excluding steroid dienone is 1. The lowest BCUT2D eigenvalue weighted by atomic mass is 9.79. The summed E-state index contributed by atoms with van der Waals surface area (Å²) in [6.45, 7) is 4.37. The number of hydrogen-bond donors (Lipinski definition) is 1. The Morgan fingerprint density at radius 2 is 2.04 bits per heavy atom. The number of thioether (sulfide) groups is 1. The predicted octanol–water partition coefficient (Wildman–Crippen LogP) is 3.32. The minimum atomic E-state index is -0.952. The standard InChI is InChI=1S/C18H19N3O2S/c1-3-9-24-18-14(11-20)16(13(10-19)17(22)21-18)12-7-5-6-8-15(12)23-4-2/h5-8,13,16H,3-4,9H2,1-2H3,(H,21,22). The van der Waals surface area contributed by atoms with Crippen molar-refractivity contribution in [3.63, 3.8) is 0 Å². The molecular formula is C18H19N3O2S. The average Bonchev–Trinajstić information content (AvgIpc) is 2.60. The third-order valence-electron chi connectivity index (χ3n) is 3.67. The fourth-order valence-electron chi connectivity index (χ4n) is 2.65. The van der Waals surface area contributed by atoms with Crippen molar-refractivity contribution in [1.29, 1.82) is 10.5 Å². The van der Waals surface area contributed by atoms with Crippen LogP contribution in [-0.2, 0) is 4.79 Å². The molecule has 0 bridgehead atoms. The molecule has 5 nitrogen and oxygen atoms in total. The van der Waals surface area contributed by atoms with E-state index in [1.54, 1.807) is 6.07 Å². The summed E-state index contributed by atoms with van der Waals surface area (Å²) in [5.74, 6) is -0.542. The monoisotopic (exact) mass is 341 g/mol. The lowest BCUT2D eigenvalue weighted by molar-refractivity contribution is -0.123. The second kappa shape index (κ2) is 8.42. The van der Waals surface area contributed by atoms with Crippen LogP contribution in [0.2, 0.25) is 0 Å². The van der Waals surface area contributed by atoms with Gasteiger partial charge in [0.15, 0.2) is 0 Å². The van der Waals surface area contributed by atoms with E-state index in [4.69, 9.17) is 4.74 Å². The van der Waals surface area contributed by atoms with Crippen molar-refractivity contribution in [1.82, 2.24) is 5.32 Å². The van der Waals surface area contributed by atoms with Gasteiger partial charge in [-0.05, 0) is 25.2 Å². The fourth-order valence-corrected chi connectivity index (χ4v) is 3.56. The Morgan fingerprint density at radius 3 is 2.67 bits per heavy atom. The van der Waals surface area contributed by atoms with Crippen LogP contribution in [0.15, 0.2) is 34.9 Å². The largest absolute Gasteiger partial charge is 0.494 e. The van der Waals surface area contributed by atoms with Gasteiger partial charge in [0.2, 0.25) is 5.91 Å². The first kappa shape index (κ1) is 17.9. The number of hydrogen-bond acceptors (Lipinski definition) is 5. The molecule has 2 rings (SSSR count). The van der Waals surface area contributed by atoms with Gasteiger partial charge in [0.25, 0.3) is 0 Å². The maximum Gasteiger partial charge on any atom is 0.243 e. The zero-order valence-corrected chi connectivity index (χ0v) is 14.5. The highest BCUT2D eigenvalue weighted by atomic mass is 32.2. The van der Waals surface area contributed by atoms with Crippen molar-refractivity contribution >= 4 is 17.7 Å². The second-order valence-corrected chi connectivity index (χ2v) is 6.35. The van der Waals surface area contributed by atoms with Gasteiger partial charge in [-0.25, -0.2) is 0 Å². The van der Waals surface area contributed by atoms with Crippen molar-refractivity contribution in [3.8, 4) is 17.9 Å². The van der Waals surface area contributed by atoms with Gasteiger partial charge in [-0.2, -0.15) is 10.5 Å². The number of benzene rings is 1. The summed E-state index contributed by atoms with van der Waals surface area (Å²) < 4.78 is 5.65. The molecule has 1 aromatic rings. The number of amides is 1. The van der Waals surface area contributed by atoms with Gasteiger partial charge < -0.3 is 10.1 Å². The van der Waals surface area contributed by atoms with Crippen molar-refractivity contribution in [3.05, 3.63) is 40.4 Å². The third-order valence-corrected chi connectivity index (χ3v) is 4.90. The quantitative estimate of drug-likeness (QED) is 0.858. The molecule has 1 heterocycles. The fraction of sp³-hybridized carbons (Fsp3) is 0.389. The highest BCUT2D eigenvalue weighted by Gasteiger charge is 2.40. The van der Waals surface area contributed by atoms with Crippen molar-refractivity contribution < 1.29 is 9.53 Å². The number of nitrogens with zero attached hydrogens (tertiary/aromatic N) is 2. The Kier molecular flexibility index (Phi) is 6.28. The first-order valence-electron chi connectivity index (χ1n) is 7.87.